The summed E-state index contributed by atoms with van der Waals surface area (Å²) in [5, 5.41) is 9.50. The van der Waals surface area contributed by atoms with Gasteiger partial charge in [-0.05, 0) is 25.1 Å². The number of nitrogens with zero attached hydrogens (tertiary/aromatic N) is 3. The molecule has 9 nitrogen and oxygen atoms in total. The van der Waals surface area contributed by atoms with Crippen molar-refractivity contribution in [3.63, 3.8) is 0 Å². The summed E-state index contributed by atoms with van der Waals surface area (Å²) in [5.74, 6) is -1.86. The second kappa shape index (κ2) is 11.5. The van der Waals surface area contributed by atoms with Crippen molar-refractivity contribution in [2.45, 2.75) is 38.7 Å². The van der Waals surface area contributed by atoms with Gasteiger partial charge in [0.05, 0.1) is 32.3 Å². The van der Waals surface area contributed by atoms with E-state index in [1.54, 1.807) is 6.92 Å². The number of carbonyl (C=O) groups excluding carboxylic acids is 2. The third-order valence-electron chi connectivity index (χ3n) is 5.77. The molecular weight excluding hydrogens is 468 g/mol. The number of methoxy groups -OCH3 is 1. The van der Waals surface area contributed by atoms with Crippen LogP contribution in [0.5, 0.6) is 0 Å². The highest BCUT2D eigenvalue weighted by Gasteiger charge is 2.34. The Labute approximate surface area is 202 Å². The molecule has 0 bridgehead atoms. The predicted molar refractivity (Wildman–Crippen MR) is 127 cm³/mol. The topological polar surface area (TPSA) is 98.2 Å². The number of thiocarbonyl (C=S) groups is 1. The molecule has 3 rings (SSSR count). The van der Waals surface area contributed by atoms with Crippen LogP contribution in [0.15, 0.2) is 12.1 Å². The molecule has 2 amide bonds. The van der Waals surface area contributed by atoms with Crippen LogP contribution in [-0.2, 0) is 14.3 Å². The van der Waals surface area contributed by atoms with E-state index in [0.717, 1.165) is 12.1 Å². The van der Waals surface area contributed by atoms with Crippen molar-refractivity contribution in [1.29, 1.82) is 5.41 Å². The molecule has 0 aromatic heterocycles. The third kappa shape index (κ3) is 6.17. The van der Waals surface area contributed by atoms with Crippen LogP contribution in [0.2, 0.25) is 0 Å². The number of benzene rings is 1. The highest BCUT2D eigenvalue weighted by molar-refractivity contribution is 7.80. The second-order valence-electron chi connectivity index (χ2n) is 8.06. The molecule has 0 aliphatic carbocycles. The normalized spacial score (nSPS) is 18.5. The molecule has 0 unspecified atom stereocenters. The van der Waals surface area contributed by atoms with Gasteiger partial charge in [-0.15, -0.1) is 0 Å². The van der Waals surface area contributed by atoms with Crippen molar-refractivity contribution < 1.29 is 27.8 Å². The first-order valence-corrected chi connectivity index (χ1v) is 11.5. The zero-order chi connectivity index (χ0) is 24.8. The van der Waals surface area contributed by atoms with Crippen molar-refractivity contribution in [1.82, 2.24) is 10.4 Å². The summed E-state index contributed by atoms with van der Waals surface area (Å²) in [4.78, 5) is 27.3. The lowest BCUT2D eigenvalue weighted by Gasteiger charge is -2.25. The first-order chi connectivity index (χ1) is 16.2. The van der Waals surface area contributed by atoms with Crippen LogP contribution in [0.3, 0.4) is 0 Å². The van der Waals surface area contributed by atoms with Gasteiger partial charge in [0.1, 0.15) is 11.8 Å². The summed E-state index contributed by atoms with van der Waals surface area (Å²) in [6.45, 7) is 2.95. The van der Waals surface area contributed by atoms with Crippen LogP contribution < -0.4 is 15.2 Å². The average molecular weight is 498 g/mol. The standard InChI is InChI=1S/C22H29F2N5O4S/c1-3-14(25)10-19(30)29-9-8-27(7-6-26-29)21-17(23)11-15(12-18(21)24)28-13-16(33-22(28)31)4-5-20(34)32-2/h11-12,16,25-26H,3-10,13H2,1-2H3/t16-/m0/s1. The van der Waals surface area contributed by atoms with E-state index in [1.807, 2.05) is 0 Å². The molecule has 0 saturated carbocycles. The van der Waals surface area contributed by atoms with Gasteiger partial charge in [0, 0.05) is 43.9 Å². The summed E-state index contributed by atoms with van der Waals surface area (Å²) < 4.78 is 40.3. The maximum atomic E-state index is 15.1. The fourth-order valence-corrected chi connectivity index (χ4v) is 3.96. The molecule has 34 heavy (non-hydrogen) atoms. The van der Waals surface area contributed by atoms with Crippen LogP contribution in [0.25, 0.3) is 0 Å². The Hall–Kier alpha value is -2.86. The lowest BCUT2D eigenvalue weighted by atomic mass is 10.2. The number of anilines is 2. The van der Waals surface area contributed by atoms with Crippen molar-refractivity contribution in [3.8, 4) is 0 Å². The number of ether oxygens (including phenoxy) is 2. The maximum Gasteiger partial charge on any atom is 0.414 e. The quantitative estimate of drug-likeness (QED) is 0.421. The summed E-state index contributed by atoms with van der Waals surface area (Å²) in [6, 6.07) is 2.23. The van der Waals surface area contributed by atoms with Gasteiger partial charge in [-0.1, -0.05) is 6.92 Å². The van der Waals surface area contributed by atoms with Crippen LogP contribution in [0, 0.1) is 17.0 Å². The highest BCUT2D eigenvalue weighted by Crippen LogP contribution is 2.31. The lowest BCUT2D eigenvalue weighted by Crippen LogP contribution is -2.44. The number of halogens is 2. The number of hydrazine groups is 1. The number of amides is 2. The smallest absolute Gasteiger partial charge is 0.414 e. The van der Waals surface area contributed by atoms with E-state index in [1.165, 1.54) is 21.9 Å². The van der Waals surface area contributed by atoms with Crippen LogP contribution in [0.4, 0.5) is 25.0 Å². The average Bonchev–Trinajstić information content (AvgIpc) is 3.01. The number of hydrogen-bond acceptors (Lipinski definition) is 8. The molecule has 1 atom stereocenters. The Morgan fingerprint density at radius 1 is 1.29 bits per heavy atom. The van der Waals surface area contributed by atoms with E-state index in [9.17, 15) is 9.59 Å². The predicted octanol–water partition coefficient (Wildman–Crippen LogP) is 3.02. The molecule has 2 saturated heterocycles. The molecular formula is C22H29F2N5O4S. The molecule has 2 aliphatic rings. The van der Waals surface area contributed by atoms with Gasteiger partial charge in [0.25, 0.3) is 0 Å². The number of hydrogen-bond donors (Lipinski definition) is 2. The molecule has 186 valence electrons. The maximum absolute atomic E-state index is 15.1. The first kappa shape index (κ1) is 25.8. The first-order valence-electron chi connectivity index (χ1n) is 11.1. The number of carbonyl (C=O) groups is 2. The summed E-state index contributed by atoms with van der Waals surface area (Å²) in [5.41, 5.74) is 3.14. The number of nitrogens with one attached hydrogen (secondary N) is 2. The van der Waals surface area contributed by atoms with Crippen molar-refractivity contribution >= 4 is 46.4 Å². The molecule has 2 fully saturated rings. The molecule has 1 aromatic rings. The molecule has 12 heteroatoms. The zero-order valence-corrected chi connectivity index (χ0v) is 20.1. The Balaban J connectivity index is 1.67. The third-order valence-corrected chi connectivity index (χ3v) is 6.14. The van der Waals surface area contributed by atoms with Crippen LogP contribution >= 0.6 is 12.2 Å². The van der Waals surface area contributed by atoms with Gasteiger partial charge < -0.3 is 19.8 Å². The van der Waals surface area contributed by atoms with Crippen molar-refractivity contribution in [2.24, 2.45) is 0 Å². The Morgan fingerprint density at radius 3 is 2.65 bits per heavy atom. The van der Waals surface area contributed by atoms with Gasteiger partial charge in [-0.2, -0.15) is 0 Å². The van der Waals surface area contributed by atoms with Crippen LogP contribution in [-0.4, -0.2) is 73.7 Å². The fourth-order valence-electron chi connectivity index (χ4n) is 3.84. The van der Waals surface area contributed by atoms with E-state index in [2.05, 4.69) is 5.43 Å². The molecule has 2 aliphatic heterocycles. The van der Waals surface area contributed by atoms with Crippen molar-refractivity contribution in [2.75, 3.05) is 49.6 Å². The summed E-state index contributed by atoms with van der Waals surface area (Å²) in [7, 11) is 1.47. The van der Waals surface area contributed by atoms with Crippen molar-refractivity contribution in [3.05, 3.63) is 23.8 Å². The zero-order valence-electron chi connectivity index (χ0n) is 19.2. The Bertz CT molecular complexity index is 940. The van der Waals surface area contributed by atoms with Crippen LogP contribution in [0.1, 0.15) is 32.6 Å². The highest BCUT2D eigenvalue weighted by atomic mass is 32.1. The van der Waals surface area contributed by atoms with Gasteiger partial charge in [0.2, 0.25) is 5.91 Å². The minimum absolute atomic E-state index is 0.00506. The largest absolute Gasteiger partial charge is 0.490 e. The Kier molecular flexibility index (Phi) is 8.72. The van der Waals surface area contributed by atoms with Gasteiger partial charge >= 0.3 is 6.09 Å². The summed E-state index contributed by atoms with van der Waals surface area (Å²) in [6.07, 6.45) is 0.241. The van der Waals surface area contributed by atoms with Gasteiger partial charge in [-0.25, -0.2) is 19.0 Å². The lowest BCUT2D eigenvalue weighted by molar-refractivity contribution is -0.132. The monoisotopic (exact) mass is 497 g/mol. The molecule has 0 radical (unpaired) electrons. The molecule has 0 spiro atoms. The summed E-state index contributed by atoms with van der Waals surface area (Å²) >= 11 is 4.99. The molecule has 2 heterocycles. The number of cyclic esters (lactones) is 1. The van der Waals surface area contributed by atoms with Gasteiger partial charge in [0.15, 0.2) is 16.7 Å². The minimum atomic E-state index is -0.806. The van der Waals surface area contributed by atoms with Gasteiger partial charge in [-0.3, -0.25) is 14.7 Å². The second-order valence-corrected chi connectivity index (χ2v) is 8.52. The van der Waals surface area contributed by atoms with E-state index in [4.69, 9.17) is 27.1 Å². The minimum Gasteiger partial charge on any atom is -0.490 e. The van der Waals surface area contributed by atoms with E-state index in [0.29, 0.717) is 36.6 Å². The Morgan fingerprint density at radius 2 is 2.00 bits per heavy atom. The number of rotatable bonds is 8. The SMILES string of the molecule is CCC(=N)CC(=O)N1CCN(c2c(F)cc(N3C[C@H](CCC(=S)OC)OC3=O)cc2F)CCN1. The van der Waals surface area contributed by atoms with E-state index < -0.39 is 23.8 Å². The fraction of sp³-hybridized carbons (Fsp3) is 0.545. The molecule has 2 N–H and O–H groups in total. The molecule has 1 aromatic carbocycles. The van der Waals surface area contributed by atoms with E-state index in [-0.39, 0.29) is 49.9 Å². The van der Waals surface area contributed by atoms with E-state index >= 15 is 8.78 Å².